The first-order valence-electron chi connectivity index (χ1n) is 4.89. The Balaban J connectivity index is 2.07. The van der Waals surface area contributed by atoms with Gasteiger partial charge in [0.1, 0.15) is 0 Å². The first kappa shape index (κ1) is 9.86. The van der Waals surface area contributed by atoms with E-state index in [0.29, 0.717) is 0 Å². The van der Waals surface area contributed by atoms with E-state index in [0.717, 1.165) is 17.5 Å². The van der Waals surface area contributed by atoms with Crippen molar-refractivity contribution in [2.45, 2.75) is 12.5 Å². The van der Waals surface area contributed by atoms with E-state index in [1.54, 1.807) is 17.1 Å². The van der Waals surface area contributed by atoms with E-state index in [2.05, 4.69) is 10.1 Å². The average Bonchev–Trinajstić information content (AvgIpc) is 2.66. The van der Waals surface area contributed by atoms with Gasteiger partial charge < -0.3 is 5.73 Å². The normalized spacial score (nSPS) is 12.7. The Bertz CT molecular complexity index is 421. The lowest BCUT2D eigenvalue weighted by Crippen LogP contribution is -2.12. The molecule has 2 rings (SSSR count). The highest BCUT2D eigenvalue weighted by molar-refractivity contribution is 5.16. The van der Waals surface area contributed by atoms with Crippen molar-refractivity contribution in [1.29, 1.82) is 0 Å². The summed E-state index contributed by atoms with van der Waals surface area (Å²) in [5.74, 6) is 0. The van der Waals surface area contributed by atoms with Crippen LogP contribution in [0.5, 0.6) is 0 Å². The van der Waals surface area contributed by atoms with Gasteiger partial charge in [0.2, 0.25) is 0 Å². The molecule has 0 aliphatic rings. The molecule has 0 aromatic carbocycles. The van der Waals surface area contributed by atoms with Crippen LogP contribution in [0, 0.1) is 0 Å². The molecule has 0 aliphatic heterocycles. The van der Waals surface area contributed by atoms with Crippen LogP contribution in [0.25, 0.3) is 0 Å². The van der Waals surface area contributed by atoms with Gasteiger partial charge in [0.25, 0.3) is 0 Å². The van der Waals surface area contributed by atoms with Crippen LogP contribution in [0.4, 0.5) is 0 Å². The van der Waals surface area contributed by atoms with Gasteiger partial charge in [-0.2, -0.15) is 5.10 Å². The summed E-state index contributed by atoms with van der Waals surface area (Å²) in [7, 11) is 1.89. The molecule has 78 valence electrons. The number of aromatic nitrogens is 3. The topological polar surface area (TPSA) is 56.7 Å². The van der Waals surface area contributed by atoms with E-state index < -0.39 is 0 Å². The summed E-state index contributed by atoms with van der Waals surface area (Å²) >= 11 is 0. The van der Waals surface area contributed by atoms with E-state index >= 15 is 0 Å². The second kappa shape index (κ2) is 4.23. The summed E-state index contributed by atoms with van der Waals surface area (Å²) in [4.78, 5) is 4.06. The third-order valence-corrected chi connectivity index (χ3v) is 2.33. The zero-order valence-electron chi connectivity index (χ0n) is 8.67. The molecule has 1 unspecified atom stereocenters. The highest BCUT2D eigenvalue weighted by atomic mass is 15.2. The van der Waals surface area contributed by atoms with Gasteiger partial charge in [-0.1, -0.05) is 6.07 Å². The van der Waals surface area contributed by atoms with E-state index in [9.17, 15) is 0 Å². The molecule has 2 aromatic heterocycles. The molecule has 2 aromatic rings. The van der Waals surface area contributed by atoms with Gasteiger partial charge in [0, 0.05) is 37.2 Å². The second-order valence-corrected chi connectivity index (χ2v) is 3.62. The summed E-state index contributed by atoms with van der Waals surface area (Å²) in [5.41, 5.74) is 8.26. The molecule has 15 heavy (non-hydrogen) atoms. The molecule has 2 N–H and O–H groups in total. The molecule has 0 saturated carbocycles. The SMILES string of the molecule is Cn1cc(C(N)Cc2cccnc2)cn1. The number of hydrogen-bond donors (Lipinski definition) is 1. The highest BCUT2D eigenvalue weighted by Gasteiger charge is 2.08. The highest BCUT2D eigenvalue weighted by Crippen LogP contribution is 2.14. The summed E-state index contributed by atoms with van der Waals surface area (Å²) in [6.07, 6.45) is 8.15. The molecule has 0 saturated heterocycles. The number of rotatable bonds is 3. The zero-order valence-corrected chi connectivity index (χ0v) is 8.67. The van der Waals surface area contributed by atoms with E-state index in [-0.39, 0.29) is 6.04 Å². The minimum absolute atomic E-state index is 0.0112. The second-order valence-electron chi connectivity index (χ2n) is 3.62. The van der Waals surface area contributed by atoms with Crippen molar-refractivity contribution in [3.05, 3.63) is 48.0 Å². The van der Waals surface area contributed by atoms with Gasteiger partial charge in [-0.25, -0.2) is 0 Å². The molecular weight excluding hydrogens is 188 g/mol. The first-order chi connectivity index (χ1) is 7.25. The summed E-state index contributed by atoms with van der Waals surface area (Å²) in [6.45, 7) is 0. The Hall–Kier alpha value is -1.68. The molecule has 0 amide bonds. The maximum absolute atomic E-state index is 6.06. The molecule has 4 nitrogen and oxygen atoms in total. The third kappa shape index (κ3) is 2.41. The predicted octanol–water partition coefficient (Wildman–Crippen LogP) is 1.06. The van der Waals surface area contributed by atoms with Crippen molar-refractivity contribution in [3.8, 4) is 0 Å². The number of aryl methyl sites for hydroxylation is 1. The van der Waals surface area contributed by atoms with Crippen molar-refractivity contribution in [2.24, 2.45) is 12.8 Å². The molecule has 0 radical (unpaired) electrons. The molecule has 0 bridgehead atoms. The fraction of sp³-hybridized carbons (Fsp3) is 0.273. The van der Waals surface area contributed by atoms with Crippen molar-refractivity contribution in [1.82, 2.24) is 14.8 Å². The van der Waals surface area contributed by atoms with Crippen LogP contribution in [0.1, 0.15) is 17.2 Å². The number of hydrogen-bond acceptors (Lipinski definition) is 3. The molecule has 0 fully saturated rings. The quantitative estimate of drug-likeness (QED) is 0.809. The van der Waals surface area contributed by atoms with Crippen molar-refractivity contribution in [3.63, 3.8) is 0 Å². The summed E-state index contributed by atoms with van der Waals surface area (Å²) in [5, 5.41) is 4.10. The largest absolute Gasteiger partial charge is 0.324 e. The fourth-order valence-electron chi connectivity index (χ4n) is 1.52. The summed E-state index contributed by atoms with van der Waals surface area (Å²) < 4.78 is 1.76. The molecule has 1 atom stereocenters. The minimum Gasteiger partial charge on any atom is -0.324 e. The molecule has 2 heterocycles. The molecular formula is C11H14N4. The van der Waals surface area contributed by atoms with Crippen LogP contribution in [0.3, 0.4) is 0 Å². The molecule has 4 heteroatoms. The Morgan fingerprint density at radius 3 is 2.93 bits per heavy atom. The van der Waals surface area contributed by atoms with Crippen molar-refractivity contribution >= 4 is 0 Å². The lowest BCUT2D eigenvalue weighted by molar-refractivity contribution is 0.715. The Kier molecular flexibility index (Phi) is 2.78. The Labute approximate surface area is 88.8 Å². The maximum Gasteiger partial charge on any atom is 0.0537 e. The van der Waals surface area contributed by atoms with E-state index in [1.807, 2.05) is 31.6 Å². The van der Waals surface area contributed by atoms with Gasteiger partial charge in [-0.15, -0.1) is 0 Å². The predicted molar refractivity (Wildman–Crippen MR) is 58.1 cm³/mol. The van der Waals surface area contributed by atoms with Crippen LogP contribution >= 0.6 is 0 Å². The minimum atomic E-state index is -0.0112. The third-order valence-electron chi connectivity index (χ3n) is 2.33. The zero-order chi connectivity index (χ0) is 10.7. The van der Waals surface area contributed by atoms with E-state index in [4.69, 9.17) is 5.73 Å². The van der Waals surface area contributed by atoms with E-state index in [1.165, 1.54) is 0 Å². The van der Waals surface area contributed by atoms with Gasteiger partial charge in [-0.3, -0.25) is 9.67 Å². The van der Waals surface area contributed by atoms with Crippen molar-refractivity contribution in [2.75, 3.05) is 0 Å². The average molecular weight is 202 g/mol. The Morgan fingerprint density at radius 1 is 1.47 bits per heavy atom. The van der Waals surface area contributed by atoms with Crippen LogP contribution in [0.2, 0.25) is 0 Å². The maximum atomic E-state index is 6.06. The smallest absolute Gasteiger partial charge is 0.0537 e. The summed E-state index contributed by atoms with van der Waals surface area (Å²) in [6, 6.07) is 3.94. The van der Waals surface area contributed by atoms with Gasteiger partial charge in [0.15, 0.2) is 0 Å². The number of nitrogens with two attached hydrogens (primary N) is 1. The monoisotopic (exact) mass is 202 g/mol. The standard InChI is InChI=1S/C11H14N4/c1-15-8-10(7-14-15)11(12)5-9-3-2-4-13-6-9/h2-4,6-8,11H,5,12H2,1H3. The van der Waals surface area contributed by atoms with Crippen LogP contribution in [0.15, 0.2) is 36.9 Å². The molecule has 0 aliphatic carbocycles. The fourth-order valence-corrected chi connectivity index (χ4v) is 1.52. The van der Waals surface area contributed by atoms with Crippen LogP contribution in [-0.2, 0) is 13.5 Å². The lowest BCUT2D eigenvalue weighted by Gasteiger charge is -2.08. The van der Waals surface area contributed by atoms with Gasteiger partial charge >= 0.3 is 0 Å². The van der Waals surface area contributed by atoms with Crippen LogP contribution < -0.4 is 5.73 Å². The van der Waals surface area contributed by atoms with Crippen molar-refractivity contribution < 1.29 is 0 Å². The van der Waals surface area contributed by atoms with Gasteiger partial charge in [-0.05, 0) is 18.1 Å². The number of pyridine rings is 1. The first-order valence-corrected chi connectivity index (χ1v) is 4.89. The Morgan fingerprint density at radius 2 is 2.33 bits per heavy atom. The van der Waals surface area contributed by atoms with Crippen LogP contribution in [-0.4, -0.2) is 14.8 Å². The van der Waals surface area contributed by atoms with Gasteiger partial charge in [0.05, 0.1) is 6.20 Å². The molecule has 0 spiro atoms. The number of nitrogens with zero attached hydrogens (tertiary/aromatic N) is 3. The lowest BCUT2D eigenvalue weighted by atomic mass is 10.0.